The Hall–Kier alpha value is -2.23. The van der Waals surface area contributed by atoms with Crippen molar-refractivity contribution in [1.29, 1.82) is 0 Å². The van der Waals surface area contributed by atoms with E-state index in [0.29, 0.717) is 0 Å². The molecule has 0 aliphatic heterocycles. The van der Waals surface area contributed by atoms with Gasteiger partial charge in [0.05, 0.1) is 0 Å². The van der Waals surface area contributed by atoms with Gasteiger partial charge in [-0.15, -0.1) is 69.1 Å². The molecule has 0 saturated heterocycles. The van der Waals surface area contributed by atoms with Gasteiger partial charge in [0.1, 0.15) is 0 Å². The molecule has 0 aromatic heterocycles. The fourth-order valence-electron chi connectivity index (χ4n) is 5.57. The molecule has 0 nitrogen and oxygen atoms in total. The Balaban J connectivity index is 0.000000400. The van der Waals surface area contributed by atoms with Crippen LogP contribution in [0.3, 0.4) is 0 Å². The SMILES string of the molecule is C[Si]C.Cc1cc2c(-c3ccc(C(C)(C)C)cc3)cccc2[cH-]1.Cc1cc2c(-c3ccc(C(C)(C)C)cc3)cccc2[cH-]1.[Cl-].[Cl-].[Hf+4]. The topological polar surface area (TPSA) is 0 Å². The van der Waals surface area contributed by atoms with Gasteiger partial charge in [0.2, 0.25) is 0 Å². The van der Waals surface area contributed by atoms with Crippen LogP contribution < -0.4 is 24.8 Å². The fourth-order valence-corrected chi connectivity index (χ4v) is 5.57. The molecular weight excluding hydrogens is 782 g/mol. The van der Waals surface area contributed by atoms with Crippen LogP contribution in [0.2, 0.25) is 13.1 Å². The first-order valence-electron chi connectivity index (χ1n) is 15.4. The quantitative estimate of drug-likeness (QED) is 0.139. The minimum atomic E-state index is 0. The summed E-state index contributed by atoms with van der Waals surface area (Å²) in [5.74, 6) is 0. The second kappa shape index (κ2) is 17.8. The molecule has 0 fully saturated rings. The third-order valence-electron chi connectivity index (χ3n) is 7.91. The van der Waals surface area contributed by atoms with E-state index < -0.39 is 0 Å². The van der Waals surface area contributed by atoms with Crippen LogP contribution in [0.1, 0.15) is 63.8 Å². The molecule has 6 aromatic rings. The molecule has 0 aliphatic carbocycles. The summed E-state index contributed by atoms with van der Waals surface area (Å²) < 4.78 is 0. The van der Waals surface area contributed by atoms with Gasteiger partial charge in [0.15, 0.2) is 0 Å². The Morgan fingerprint density at radius 3 is 1.09 bits per heavy atom. The maximum absolute atomic E-state index is 2.28. The van der Waals surface area contributed by atoms with Crippen molar-refractivity contribution in [2.75, 3.05) is 0 Å². The van der Waals surface area contributed by atoms with Crippen molar-refractivity contribution in [3.8, 4) is 22.3 Å². The van der Waals surface area contributed by atoms with Crippen LogP contribution in [0, 0.1) is 13.8 Å². The maximum Gasteiger partial charge on any atom is 4.00 e. The van der Waals surface area contributed by atoms with Gasteiger partial charge in [-0.2, -0.15) is 12.1 Å². The van der Waals surface area contributed by atoms with Gasteiger partial charge in [0.25, 0.3) is 0 Å². The summed E-state index contributed by atoms with van der Waals surface area (Å²) in [6.07, 6.45) is 0. The number of aryl methyl sites for hydroxylation is 2. The number of benzene rings is 4. The van der Waals surface area contributed by atoms with Crippen LogP contribution in [0.15, 0.2) is 109 Å². The van der Waals surface area contributed by atoms with Crippen LogP contribution in [-0.2, 0) is 36.7 Å². The monoisotopic (exact) mass is 830 g/mol. The Bertz CT molecular complexity index is 1640. The van der Waals surface area contributed by atoms with Crippen molar-refractivity contribution < 1.29 is 50.7 Å². The zero-order valence-corrected chi connectivity index (χ0v) is 35.3. The number of hydrogen-bond acceptors (Lipinski definition) is 0. The Morgan fingerprint density at radius 1 is 0.500 bits per heavy atom. The first-order valence-corrected chi connectivity index (χ1v) is 17.4. The molecule has 2 radical (unpaired) electrons. The minimum absolute atomic E-state index is 0. The smallest absolute Gasteiger partial charge is 1.00 e. The fraction of sp³-hybridized carbons (Fsp3) is 0.286. The van der Waals surface area contributed by atoms with Gasteiger partial charge < -0.3 is 24.8 Å². The molecule has 0 bridgehead atoms. The van der Waals surface area contributed by atoms with Gasteiger partial charge in [0, 0.05) is 9.52 Å². The molecule has 4 heteroatoms. The van der Waals surface area contributed by atoms with Crippen LogP contribution >= 0.6 is 0 Å². The van der Waals surface area contributed by atoms with E-state index >= 15 is 0 Å². The van der Waals surface area contributed by atoms with Crippen molar-refractivity contribution in [3.63, 3.8) is 0 Å². The number of rotatable bonds is 2. The second-order valence-corrected chi connectivity index (χ2v) is 14.8. The molecule has 0 N–H and O–H groups in total. The van der Waals surface area contributed by atoms with Crippen LogP contribution in [0.4, 0.5) is 0 Å². The zero-order chi connectivity index (χ0) is 31.4. The molecule has 238 valence electrons. The Labute approximate surface area is 312 Å². The third-order valence-corrected chi connectivity index (χ3v) is 7.91. The van der Waals surface area contributed by atoms with Crippen LogP contribution in [0.25, 0.3) is 43.8 Å². The minimum Gasteiger partial charge on any atom is -1.00 e. The molecule has 6 rings (SSSR count). The van der Waals surface area contributed by atoms with Crippen molar-refractivity contribution in [3.05, 3.63) is 131 Å². The van der Waals surface area contributed by atoms with E-state index in [9.17, 15) is 0 Å². The summed E-state index contributed by atoms with van der Waals surface area (Å²) in [5, 5.41) is 5.38. The van der Waals surface area contributed by atoms with Gasteiger partial charge in [-0.05, 0) is 33.1 Å². The second-order valence-electron chi connectivity index (χ2n) is 13.8. The van der Waals surface area contributed by atoms with E-state index in [4.69, 9.17) is 0 Å². The molecule has 46 heavy (non-hydrogen) atoms. The third kappa shape index (κ3) is 10.4. The van der Waals surface area contributed by atoms with Crippen molar-refractivity contribution in [2.45, 2.75) is 79.3 Å². The van der Waals surface area contributed by atoms with E-state index in [-0.39, 0.29) is 61.5 Å². The van der Waals surface area contributed by atoms with Gasteiger partial charge >= 0.3 is 25.8 Å². The van der Waals surface area contributed by atoms with Gasteiger partial charge in [-0.1, -0.05) is 140 Å². The summed E-state index contributed by atoms with van der Waals surface area (Å²) in [7, 11) is 1.08. The number of hydrogen-bond donors (Lipinski definition) is 0. The van der Waals surface area contributed by atoms with Crippen LogP contribution in [0.5, 0.6) is 0 Å². The van der Waals surface area contributed by atoms with E-state index in [1.54, 1.807) is 0 Å². The number of fused-ring (bicyclic) bond motifs is 2. The first-order chi connectivity index (χ1) is 20.3. The summed E-state index contributed by atoms with van der Waals surface area (Å²) in [5.41, 5.74) is 11.1. The van der Waals surface area contributed by atoms with Gasteiger partial charge in [-0.3, -0.25) is 0 Å². The summed E-state index contributed by atoms with van der Waals surface area (Å²) in [6, 6.07) is 40.2. The molecule has 0 amide bonds. The zero-order valence-electron chi connectivity index (χ0n) is 29.1. The van der Waals surface area contributed by atoms with Crippen LogP contribution in [-0.4, -0.2) is 9.52 Å². The molecule has 0 unspecified atom stereocenters. The van der Waals surface area contributed by atoms with E-state index in [1.807, 2.05) is 0 Å². The molecule has 0 atom stereocenters. The normalized spacial score (nSPS) is 10.8. The predicted molar refractivity (Wildman–Crippen MR) is 194 cm³/mol. The van der Waals surface area contributed by atoms with E-state index in [1.165, 1.54) is 66.1 Å². The van der Waals surface area contributed by atoms with Crippen molar-refractivity contribution in [2.24, 2.45) is 0 Å². The summed E-state index contributed by atoms with van der Waals surface area (Å²) in [6.45, 7) is 22.1. The maximum atomic E-state index is 2.28. The largest absolute Gasteiger partial charge is 4.00 e. The molecule has 0 spiro atoms. The van der Waals surface area contributed by atoms with Crippen molar-refractivity contribution >= 4 is 31.1 Å². The average molecular weight is 830 g/mol. The molecule has 0 aliphatic rings. The molecular formula is C42H48Cl2HfSi. The van der Waals surface area contributed by atoms with E-state index in [2.05, 4.69) is 178 Å². The average Bonchev–Trinajstić information content (AvgIpc) is 3.53. The molecule has 6 aromatic carbocycles. The van der Waals surface area contributed by atoms with Crippen molar-refractivity contribution in [1.82, 2.24) is 0 Å². The predicted octanol–water partition coefficient (Wildman–Crippen LogP) is 6.46. The Kier molecular flexibility index (Phi) is 16.2. The Morgan fingerprint density at radius 2 is 0.804 bits per heavy atom. The molecule has 0 saturated carbocycles. The molecule has 0 heterocycles. The summed E-state index contributed by atoms with van der Waals surface area (Å²) >= 11 is 0. The first kappa shape index (κ1) is 41.8. The van der Waals surface area contributed by atoms with E-state index in [0.717, 1.165) is 9.52 Å². The van der Waals surface area contributed by atoms with Gasteiger partial charge in [-0.25, -0.2) is 0 Å². The number of halogens is 2. The standard InChI is InChI=1S/2C20H21.C2H6Si.2ClH.Hf/c2*1-14-12-16-6-5-7-18(19(16)13-14)15-8-10-17(11-9-15)20(2,3)4;1-3-2;;;/h2*5-13H,1-4H3;1-2H3;2*1H;/q2*-1;;;;+4/p-2. The summed E-state index contributed by atoms with van der Waals surface area (Å²) in [4.78, 5) is 0.